The van der Waals surface area contributed by atoms with Gasteiger partial charge in [0.15, 0.2) is 0 Å². The first-order chi connectivity index (χ1) is 18.0. The molecule has 1 saturated carbocycles. The van der Waals surface area contributed by atoms with Crippen LogP contribution in [-0.2, 0) is 0 Å². The summed E-state index contributed by atoms with van der Waals surface area (Å²) in [5.41, 5.74) is 2.60. The molecule has 2 aromatic heterocycles. The fourth-order valence-electron chi connectivity index (χ4n) is 4.34. The summed E-state index contributed by atoms with van der Waals surface area (Å²) in [4.78, 5) is 26.5. The third-order valence-corrected chi connectivity index (χ3v) is 6.19. The molecule has 2 heterocycles. The number of benzene rings is 1. The molecule has 0 bridgehead atoms. The third-order valence-electron chi connectivity index (χ3n) is 6.19. The molecule has 1 unspecified atom stereocenters. The van der Waals surface area contributed by atoms with Gasteiger partial charge < -0.3 is 31.8 Å². The summed E-state index contributed by atoms with van der Waals surface area (Å²) in [6.45, 7) is 3.85. The van der Waals surface area contributed by atoms with Crippen LogP contribution in [0.4, 0.5) is 23.3 Å². The summed E-state index contributed by atoms with van der Waals surface area (Å²) < 4.78 is 0. The number of hydrogen-bond donors (Lipinski definition) is 6. The molecule has 10 heteroatoms. The average molecular weight is 503 g/mol. The van der Waals surface area contributed by atoms with E-state index in [0.29, 0.717) is 22.8 Å². The van der Waals surface area contributed by atoms with Gasteiger partial charge in [0, 0.05) is 48.0 Å². The Morgan fingerprint density at radius 1 is 1.14 bits per heavy atom. The third kappa shape index (κ3) is 6.79. The molecule has 1 amide bonds. The highest BCUT2D eigenvalue weighted by atomic mass is 16.3. The highest BCUT2D eigenvalue weighted by Crippen LogP contribution is 2.25. The Balaban J connectivity index is 1.63. The monoisotopic (exact) mass is 502 g/mol. The van der Waals surface area contributed by atoms with Crippen LogP contribution in [-0.4, -0.2) is 50.9 Å². The molecule has 1 aliphatic carbocycles. The van der Waals surface area contributed by atoms with Gasteiger partial charge in [-0.3, -0.25) is 4.79 Å². The standard InChI is InChI=1S/C27H34N8O2/c1-17(2)31-22-12-24(29-14-19(22)13-28)34-27-30-15-21(26(37)32-20-10-6-7-11-20)25(35-27)33-23(16-36)18-8-4-3-5-9-18/h3-5,8-9,12-15,17,20,23,28,36H,6-7,10-11,16H2,1-2H3,(H,32,37)(H3,29,30,31,33,34,35). The second kappa shape index (κ2) is 12.3. The Bertz CT molecular complexity index is 1210. The van der Waals surface area contributed by atoms with Crippen molar-refractivity contribution < 1.29 is 9.90 Å². The van der Waals surface area contributed by atoms with Crippen LogP contribution in [0.15, 0.2) is 48.8 Å². The number of aliphatic hydroxyl groups is 1. The van der Waals surface area contributed by atoms with Crippen LogP contribution < -0.4 is 21.3 Å². The number of anilines is 4. The van der Waals surface area contributed by atoms with Crippen LogP contribution in [0, 0.1) is 5.41 Å². The number of rotatable bonds is 11. The number of amides is 1. The minimum absolute atomic E-state index is 0.143. The maximum atomic E-state index is 13.2. The number of aromatic nitrogens is 3. The molecule has 6 N–H and O–H groups in total. The van der Waals surface area contributed by atoms with Crippen molar-refractivity contribution in [3.63, 3.8) is 0 Å². The zero-order valence-electron chi connectivity index (χ0n) is 21.2. The Hall–Kier alpha value is -4.05. The molecular formula is C27H34N8O2. The van der Waals surface area contributed by atoms with Gasteiger partial charge in [0.05, 0.1) is 12.6 Å². The maximum Gasteiger partial charge on any atom is 0.256 e. The first kappa shape index (κ1) is 26.0. The number of carbonyl (C=O) groups is 1. The molecule has 0 saturated heterocycles. The lowest BCUT2D eigenvalue weighted by Gasteiger charge is -2.20. The summed E-state index contributed by atoms with van der Waals surface area (Å²) in [6.07, 6.45) is 8.46. The molecule has 37 heavy (non-hydrogen) atoms. The molecule has 1 aromatic carbocycles. The number of nitrogens with zero attached hydrogens (tertiary/aromatic N) is 3. The second-order valence-electron chi connectivity index (χ2n) is 9.43. The molecule has 4 rings (SSSR count). The molecule has 1 fully saturated rings. The minimum Gasteiger partial charge on any atom is -0.394 e. The van der Waals surface area contributed by atoms with Crippen LogP contribution in [0.25, 0.3) is 0 Å². The Labute approximate surface area is 216 Å². The van der Waals surface area contributed by atoms with Crippen molar-refractivity contribution in [2.24, 2.45) is 0 Å². The molecule has 0 radical (unpaired) electrons. The van der Waals surface area contributed by atoms with Gasteiger partial charge in [-0.1, -0.05) is 43.2 Å². The van der Waals surface area contributed by atoms with E-state index in [1.54, 1.807) is 12.3 Å². The number of hydrogen-bond acceptors (Lipinski definition) is 9. The van der Waals surface area contributed by atoms with Crippen molar-refractivity contribution >= 4 is 35.4 Å². The topological polar surface area (TPSA) is 148 Å². The van der Waals surface area contributed by atoms with Crippen LogP contribution in [0.2, 0.25) is 0 Å². The molecule has 194 valence electrons. The van der Waals surface area contributed by atoms with Crippen LogP contribution in [0.1, 0.15) is 67.1 Å². The normalized spacial score (nSPS) is 14.3. The Kier molecular flexibility index (Phi) is 8.63. The van der Waals surface area contributed by atoms with Gasteiger partial charge in [-0.05, 0) is 32.3 Å². The SMILES string of the molecule is CC(C)Nc1cc(Nc2ncc(C(=O)NC3CCCC3)c(NC(CO)c3ccccc3)n2)ncc1C=N. The van der Waals surface area contributed by atoms with Crippen molar-refractivity contribution in [3.8, 4) is 0 Å². The number of pyridine rings is 1. The smallest absolute Gasteiger partial charge is 0.256 e. The highest BCUT2D eigenvalue weighted by molar-refractivity contribution is 5.99. The fraction of sp³-hybridized carbons (Fsp3) is 0.370. The van der Waals surface area contributed by atoms with E-state index in [1.165, 1.54) is 12.4 Å². The van der Waals surface area contributed by atoms with E-state index in [9.17, 15) is 9.90 Å². The maximum absolute atomic E-state index is 13.2. The van der Waals surface area contributed by atoms with E-state index in [4.69, 9.17) is 5.41 Å². The van der Waals surface area contributed by atoms with Gasteiger partial charge in [-0.25, -0.2) is 9.97 Å². The zero-order valence-corrected chi connectivity index (χ0v) is 21.2. The van der Waals surface area contributed by atoms with E-state index in [2.05, 4.69) is 36.2 Å². The zero-order chi connectivity index (χ0) is 26.2. The van der Waals surface area contributed by atoms with Gasteiger partial charge in [-0.2, -0.15) is 4.98 Å². The molecule has 10 nitrogen and oxygen atoms in total. The Morgan fingerprint density at radius 2 is 1.89 bits per heavy atom. The van der Waals surface area contributed by atoms with Crippen molar-refractivity contribution in [3.05, 3.63) is 65.5 Å². The number of aliphatic hydroxyl groups excluding tert-OH is 1. The van der Waals surface area contributed by atoms with E-state index in [1.807, 2.05) is 44.2 Å². The first-order valence-corrected chi connectivity index (χ1v) is 12.6. The predicted octanol–water partition coefficient (Wildman–Crippen LogP) is 4.25. The average Bonchev–Trinajstić information content (AvgIpc) is 3.41. The van der Waals surface area contributed by atoms with Crippen molar-refractivity contribution in [2.75, 3.05) is 22.6 Å². The van der Waals surface area contributed by atoms with Crippen LogP contribution in [0.3, 0.4) is 0 Å². The van der Waals surface area contributed by atoms with Crippen LogP contribution >= 0.6 is 0 Å². The molecule has 0 spiro atoms. The summed E-state index contributed by atoms with van der Waals surface area (Å²) in [6, 6.07) is 11.2. The molecule has 1 aliphatic rings. The summed E-state index contributed by atoms with van der Waals surface area (Å²) in [7, 11) is 0. The molecule has 3 aromatic rings. The van der Waals surface area contributed by atoms with E-state index in [0.717, 1.165) is 36.9 Å². The lowest BCUT2D eigenvalue weighted by molar-refractivity contribution is 0.0938. The number of carbonyl (C=O) groups excluding carboxylic acids is 1. The summed E-state index contributed by atoms with van der Waals surface area (Å²) >= 11 is 0. The quantitative estimate of drug-likeness (QED) is 0.213. The highest BCUT2D eigenvalue weighted by Gasteiger charge is 2.23. The largest absolute Gasteiger partial charge is 0.394 e. The van der Waals surface area contributed by atoms with Gasteiger partial charge in [0.2, 0.25) is 5.95 Å². The molecule has 0 aliphatic heterocycles. The van der Waals surface area contributed by atoms with Crippen LogP contribution in [0.5, 0.6) is 0 Å². The van der Waals surface area contributed by atoms with Crippen molar-refractivity contribution in [1.29, 1.82) is 5.41 Å². The minimum atomic E-state index is -0.464. The lowest BCUT2D eigenvalue weighted by Crippen LogP contribution is -2.33. The van der Waals surface area contributed by atoms with E-state index in [-0.39, 0.29) is 30.5 Å². The van der Waals surface area contributed by atoms with Gasteiger partial charge in [0.1, 0.15) is 17.2 Å². The summed E-state index contributed by atoms with van der Waals surface area (Å²) in [5.74, 6) is 0.801. The Morgan fingerprint density at radius 3 is 2.57 bits per heavy atom. The van der Waals surface area contributed by atoms with Gasteiger partial charge in [-0.15, -0.1) is 0 Å². The van der Waals surface area contributed by atoms with E-state index >= 15 is 0 Å². The first-order valence-electron chi connectivity index (χ1n) is 12.6. The molecule has 1 atom stereocenters. The van der Waals surface area contributed by atoms with Crippen molar-refractivity contribution in [1.82, 2.24) is 20.3 Å². The number of nitrogens with one attached hydrogen (secondary N) is 5. The lowest BCUT2D eigenvalue weighted by atomic mass is 10.1. The van der Waals surface area contributed by atoms with Gasteiger partial charge in [0.25, 0.3) is 5.91 Å². The fourth-order valence-corrected chi connectivity index (χ4v) is 4.34. The van der Waals surface area contributed by atoms with Gasteiger partial charge >= 0.3 is 0 Å². The van der Waals surface area contributed by atoms with Crippen molar-refractivity contribution in [2.45, 2.75) is 57.7 Å². The summed E-state index contributed by atoms with van der Waals surface area (Å²) in [5, 5.41) is 30.5. The van der Waals surface area contributed by atoms with E-state index < -0.39 is 6.04 Å². The molecular weight excluding hydrogens is 468 g/mol. The second-order valence-corrected chi connectivity index (χ2v) is 9.43. The predicted molar refractivity (Wildman–Crippen MR) is 146 cm³/mol.